The van der Waals surface area contributed by atoms with Crippen molar-refractivity contribution in [3.05, 3.63) is 89.2 Å². The molecule has 7 rings (SSSR count). The smallest absolute Gasteiger partial charge is 0.229 e. The van der Waals surface area contributed by atoms with Crippen LogP contribution in [0.4, 0.5) is 31.9 Å². The number of nitrogens with zero attached hydrogens (tertiary/aromatic N) is 5. The Morgan fingerprint density at radius 3 is 2.42 bits per heavy atom. The van der Waals surface area contributed by atoms with Crippen LogP contribution < -0.4 is 10.2 Å². The van der Waals surface area contributed by atoms with E-state index in [0.29, 0.717) is 23.0 Å². The number of fused-ring (bicyclic) bond motifs is 2. The summed E-state index contributed by atoms with van der Waals surface area (Å²) >= 11 is 0. The minimum Gasteiger partial charge on any atom is -0.392 e. The zero-order valence-electron chi connectivity index (χ0n) is 24.2. The van der Waals surface area contributed by atoms with Gasteiger partial charge >= 0.3 is 0 Å². The van der Waals surface area contributed by atoms with Gasteiger partial charge in [-0.15, -0.1) is 0 Å². The topological polar surface area (TPSA) is 86.5 Å². The van der Waals surface area contributed by atoms with Crippen LogP contribution in [0.15, 0.2) is 65.9 Å². The summed E-state index contributed by atoms with van der Waals surface area (Å²) in [6.45, 7) is 3.93. The molecule has 1 saturated carbocycles. The largest absolute Gasteiger partial charge is 0.392 e. The van der Waals surface area contributed by atoms with Crippen LogP contribution in [-0.4, -0.2) is 38.9 Å². The molecule has 2 fully saturated rings. The highest BCUT2D eigenvalue weighted by Crippen LogP contribution is 2.52. The van der Waals surface area contributed by atoms with Gasteiger partial charge in [-0.3, -0.25) is 4.99 Å². The van der Waals surface area contributed by atoms with Gasteiger partial charge in [-0.25, -0.2) is 23.7 Å². The zero-order chi connectivity index (χ0) is 29.6. The van der Waals surface area contributed by atoms with Gasteiger partial charge in [-0.05, 0) is 85.5 Å². The lowest BCUT2D eigenvalue weighted by molar-refractivity contribution is 0.282. The van der Waals surface area contributed by atoms with E-state index in [-0.39, 0.29) is 23.7 Å². The Hall–Kier alpha value is -4.24. The fourth-order valence-corrected chi connectivity index (χ4v) is 7.04. The van der Waals surface area contributed by atoms with Gasteiger partial charge < -0.3 is 15.3 Å². The molecule has 1 spiro atoms. The van der Waals surface area contributed by atoms with E-state index >= 15 is 8.78 Å². The highest BCUT2D eigenvalue weighted by Gasteiger charge is 2.44. The molecule has 0 atom stereocenters. The summed E-state index contributed by atoms with van der Waals surface area (Å²) in [7, 11) is 0. The lowest BCUT2D eigenvalue weighted by Gasteiger charge is -2.33. The number of aliphatic hydroxyl groups is 1. The first-order valence-corrected chi connectivity index (χ1v) is 15.0. The maximum atomic E-state index is 15.2. The Labute approximate surface area is 249 Å². The fourth-order valence-electron chi connectivity index (χ4n) is 7.04. The van der Waals surface area contributed by atoms with Crippen LogP contribution in [0.2, 0.25) is 0 Å². The van der Waals surface area contributed by atoms with Crippen molar-refractivity contribution in [3.63, 3.8) is 0 Å². The summed E-state index contributed by atoms with van der Waals surface area (Å²) in [5, 5.41) is 12.4. The van der Waals surface area contributed by atoms with E-state index in [2.05, 4.69) is 48.4 Å². The normalized spacial score (nSPS) is 17.8. The fraction of sp³-hybridized carbons (Fsp3) is 0.353. The van der Waals surface area contributed by atoms with Crippen molar-refractivity contribution >= 4 is 28.9 Å². The maximum absolute atomic E-state index is 15.2. The molecule has 3 aliphatic rings. The molecule has 0 radical (unpaired) electrons. The number of aliphatic imine (C=N–C) groups is 1. The van der Waals surface area contributed by atoms with Crippen molar-refractivity contribution in [2.45, 2.75) is 63.4 Å². The number of aliphatic hydroxyl groups excluding tert-OH is 1. The number of anilines is 3. The molecule has 4 heterocycles. The highest BCUT2D eigenvalue weighted by molar-refractivity contribution is 6.01. The van der Waals surface area contributed by atoms with Crippen LogP contribution in [0.3, 0.4) is 0 Å². The Morgan fingerprint density at radius 2 is 1.72 bits per heavy atom. The molecule has 2 aromatic heterocycles. The summed E-state index contributed by atoms with van der Waals surface area (Å²) in [6.07, 6.45) is 9.02. The molecule has 2 aromatic carbocycles. The first-order chi connectivity index (χ1) is 20.9. The molecule has 9 heteroatoms. The van der Waals surface area contributed by atoms with Crippen LogP contribution in [0.1, 0.15) is 68.1 Å². The second-order valence-corrected chi connectivity index (χ2v) is 11.9. The molecule has 4 aromatic rings. The van der Waals surface area contributed by atoms with E-state index in [4.69, 9.17) is 0 Å². The number of aromatic nitrogens is 3. The standard InChI is InChI=1S/C34H34F2N6O/c1-21-34(12-2-3-13-34)27-16-25(17-28(35)32(27)39-21)31-29(36)19-38-33(41-31)40-30-9-6-24(18-37-30)23-10-14-42(15-11-23)26-7-4-22(20-43)5-8-26/h4-9,16-19,23,43H,2-3,10-15,20H2,1H3,(H,37,38,40,41). The van der Waals surface area contributed by atoms with Gasteiger partial charge in [0.2, 0.25) is 5.95 Å². The van der Waals surface area contributed by atoms with E-state index < -0.39 is 11.6 Å². The quantitative estimate of drug-likeness (QED) is 0.248. The number of halogens is 2. The lowest BCUT2D eigenvalue weighted by Crippen LogP contribution is -2.32. The third-order valence-corrected chi connectivity index (χ3v) is 9.50. The minimum absolute atomic E-state index is 0.0475. The summed E-state index contributed by atoms with van der Waals surface area (Å²) in [6, 6.07) is 15.2. The van der Waals surface area contributed by atoms with Gasteiger partial charge in [0.15, 0.2) is 5.82 Å². The molecule has 2 N–H and O–H groups in total. The van der Waals surface area contributed by atoms with Crippen molar-refractivity contribution in [1.29, 1.82) is 0 Å². The van der Waals surface area contributed by atoms with Gasteiger partial charge in [0, 0.05) is 41.7 Å². The van der Waals surface area contributed by atoms with Gasteiger partial charge in [0.25, 0.3) is 0 Å². The summed E-state index contributed by atoms with van der Waals surface area (Å²) in [5.41, 5.74) is 5.60. The molecule has 0 bridgehead atoms. The van der Waals surface area contributed by atoms with Crippen molar-refractivity contribution in [1.82, 2.24) is 15.0 Å². The molecule has 1 aliphatic carbocycles. The molecule has 220 valence electrons. The summed E-state index contributed by atoms with van der Waals surface area (Å²) in [4.78, 5) is 20.1. The van der Waals surface area contributed by atoms with E-state index in [1.807, 2.05) is 37.4 Å². The summed E-state index contributed by atoms with van der Waals surface area (Å²) < 4.78 is 30.3. The van der Waals surface area contributed by atoms with E-state index in [1.165, 1.54) is 17.3 Å². The zero-order valence-corrected chi connectivity index (χ0v) is 24.2. The molecule has 0 amide bonds. The molecule has 2 aliphatic heterocycles. The Kier molecular flexibility index (Phi) is 7.13. The average molecular weight is 581 g/mol. The second kappa shape index (κ2) is 11.1. The van der Waals surface area contributed by atoms with Gasteiger partial charge in [0.1, 0.15) is 23.0 Å². The van der Waals surface area contributed by atoms with Crippen molar-refractivity contribution in [2.24, 2.45) is 4.99 Å². The number of nitrogens with one attached hydrogen (secondary N) is 1. The number of hydrogen-bond donors (Lipinski definition) is 2. The van der Waals surface area contributed by atoms with Crippen LogP contribution >= 0.6 is 0 Å². The minimum atomic E-state index is -0.611. The first kappa shape index (κ1) is 27.6. The number of piperidine rings is 1. The number of hydrogen-bond acceptors (Lipinski definition) is 7. The molecular formula is C34H34F2N6O. The van der Waals surface area contributed by atoms with Crippen LogP contribution in [0, 0.1) is 11.6 Å². The van der Waals surface area contributed by atoms with Crippen molar-refractivity contribution in [3.8, 4) is 11.3 Å². The van der Waals surface area contributed by atoms with E-state index in [9.17, 15) is 5.11 Å². The maximum Gasteiger partial charge on any atom is 0.229 e. The Bertz CT molecular complexity index is 1670. The molecule has 7 nitrogen and oxygen atoms in total. The van der Waals surface area contributed by atoms with Crippen LogP contribution in [-0.2, 0) is 12.0 Å². The first-order valence-electron chi connectivity index (χ1n) is 15.0. The Balaban J connectivity index is 1.05. The Morgan fingerprint density at radius 1 is 0.953 bits per heavy atom. The van der Waals surface area contributed by atoms with Gasteiger partial charge in [-0.2, -0.15) is 0 Å². The van der Waals surface area contributed by atoms with Crippen molar-refractivity contribution in [2.75, 3.05) is 23.3 Å². The number of pyridine rings is 1. The monoisotopic (exact) mass is 580 g/mol. The molecular weight excluding hydrogens is 546 g/mol. The highest BCUT2D eigenvalue weighted by atomic mass is 19.1. The lowest BCUT2D eigenvalue weighted by atomic mass is 9.76. The van der Waals surface area contributed by atoms with Crippen LogP contribution in [0.25, 0.3) is 11.3 Å². The van der Waals surface area contributed by atoms with Gasteiger partial charge in [-0.1, -0.05) is 31.0 Å². The number of benzene rings is 2. The predicted molar refractivity (Wildman–Crippen MR) is 164 cm³/mol. The van der Waals surface area contributed by atoms with E-state index in [0.717, 1.165) is 74.6 Å². The van der Waals surface area contributed by atoms with E-state index in [1.54, 1.807) is 0 Å². The third-order valence-electron chi connectivity index (χ3n) is 9.50. The predicted octanol–water partition coefficient (Wildman–Crippen LogP) is 7.35. The van der Waals surface area contributed by atoms with Gasteiger partial charge in [0.05, 0.1) is 12.8 Å². The van der Waals surface area contributed by atoms with Crippen LogP contribution in [0.5, 0.6) is 0 Å². The third kappa shape index (κ3) is 5.05. The molecule has 1 saturated heterocycles. The SMILES string of the molecule is CC1=Nc2c(F)cc(-c3nc(Nc4ccc(C5CCN(c6ccc(CO)cc6)CC5)cn4)ncc3F)cc2C12CCCC2. The second-order valence-electron chi connectivity index (χ2n) is 11.9. The number of rotatable bonds is 6. The van der Waals surface area contributed by atoms with Crippen molar-refractivity contribution < 1.29 is 13.9 Å². The average Bonchev–Trinajstić information content (AvgIpc) is 3.65. The molecule has 0 unspecified atom stereocenters. The molecule has 43 heavy (non-hydrogen) atoms. The summed E-state index contributed by atoms with van der Waals surface area (Å²) in [5.74, 6) is 0.0948.